The Balaban J connectivity index is 1.73. The average Bonchev–Trinajstić information content (AvgIpc) is 2.89. The van der Waals surface area contributed by atoms with E-state index in [4.69, 9.17) is 4.74 Å². The summed E-state index contributed by atoms with van der Waals surface area (Å²) in [6.45, 7) is 2.08. The van der Waals surface area contributed by atoms with Gasteiger partial charge in [0.25, 0.3) is 5.91 Å². The number of nitrogens with zero attached hydrogens (tertiary/aromatic N) is 4. The third-order valence-corrected chi connectivity index (χ3v) is 4.71. The number of carbonyl (C=O) groups is 1. The SMILES string of the molecule is O=C(c1ccc(Br)cc1-n1cncn1)N1CCC12COC2. The van der Waals surface area contributed by atoms with Gasteiger partial charge in [-0.05, 0) is 24.6 Å². The number of hydrogen-bond donors (Lipinski definition) is 0. The van der Waals surface area contributed by atoms with Crippen LogP contribution < -0.4 is 0 Å². The van der Waals surface area contributed by atoms with Crippen LogP contribution in [0.4, 0.5) is 0 Å². The van der Waals surface area contributed by atoms with Crippen molar-refractivity contribution in [2.45, 2.75) is 12.0 Å². The van der Waals surface area contributed by atoms with Crippen molar-refractivity contribution in [2.24, 2.45) is 0 Å². The number of benzene rings is 1. The summed E-state index contributed by atoms with van der Waals surface area (Å²) in [6.07, 6.45) is 4.07. The fourth-order valence-corrected chi connectivity index (χ4v) is 3.20. The van der Waals surface area contributed by atoms with E-state index in [0.29, 0.717) is 18.8 Å². The Morgan fingerprint density at radius 1 is 1.38 bits per heavy atom. The summed E-state index contributed by atoms with van der Waals surface area (Å²) >= 11 is 3.44. The molecule has 108 valence electrons. The highest BCUT2D eigenvalue weighted by atomic mass is 79.9. The standard InChI is InChI=1S/C14H13BrN4O2/c15-10-1-2-11(12(5-10)19-9-16-8-17-19)13(20)18-4-3-14(18)6-21-7-14/h1-2,5,8-9H,3-4,6-7H2. The molecule has 0 atom stereocenters. The van der Waals surface area contributed by atoms with Crippen molar-refractivity contribution in [3.05, 3.63) is 40.9 Å². The van der Waals surface area contributed by atoms with E-state index < -0.39 is 0 Å². The lowest BCUT2D eigenvalue weighted by atomic mass is 9.82. The summed E-state index contributed by atoms with van der Waals surface area (Å²) in [4.78, 5) is 18.7. The van der Waals surface area contributed by atoms with E-state index in [1.807, 2.05) is 23.1 Å². The highest BCUT2D eigenvalue weighted by Crippen LogP contribution is 2.39. The Labute approximate surface area is 129 Å². The van der Waals surface area contributed by atoms with Gasteiger partial charge >= 0.3 is 0 Å². The van der Waals surface area contributed by atoms with Gasteiger partial charge in [-0.25, -0.2) is 9.67 Å². The molecule has 2 fully saturated rings. The van der Waals surface area contributed by atoms with Crippen LogP contribution >= 0.6 is 15.9 Å². The number of halogens is 1. The molecule has 3 heterocycles. The van der Waals surface area contributed by atoms with Crippen LogP contribution in [0.1, 0.15) is 16.8 Å². The maximum absolute atomic E-state index is 12.9. The molecule has 0 N–H and O–H groups in total. The van der Waals surface area contributed by atoms with E-state index in [1.165, 1.54) is 6.33 Å². The van der Waals surface area contributed by atoms with Gasteiger partial charge < -0.3 is 9.64 Å². The highest BCUT2D eigenvalue weighted by molar-refractivity contribution is 9.10. The van der Waals surface area contributed by atoms with Crippen molar-refractivity contribution in [2.75, 3.05) is 19.8 Å². The third kappa shape index (κ3) is 1.91. The lowest BCUT2D eigenvalue weighted by molar-refractivity contribution is -0.172. The van der Waals surface area contributed by atoms with Gasteiger partial charge in [0.15, 0.2) is 0 Å². The van der Waals surface area contributed by atoms with Crippen molar-refractivity contribution in [1.82, 2.24) is 19.7 Å². The molecule has 0 bridgehead atoms. The van der Waals surface area contributed by atoms with Gasteiger partial charge in [0.2, 0.25) is 0 Å². The third-order valence-electron chi connectivity index (χ3n) is 4.22. The molecular formula is C14H13BrN4O2. The van der Waals surface area contributed by atoms with E-state index in [1.54, 1.807) is 11.0 Å². The van der Waals surface area contributed by atoms with Crippen molar-refractivity contribution < 1.29 is 9.53 Å². The molecule has 0 unspecified atom stereocenters. The smallest absolute Gasteiger partial charge is 0.256 e. The highest BCUT2D eigenvalue weighted by Gasteiger charge is 2.53. The van der Waals surface area contributed by atoms with Crippen molar-refractivity contribution in [3.8, 4) is 5.69 Å². The molecule has 2 saturated heterocycles. The Bertz CT molecular complexity index is 691. The first kappa shape index (κ1) is 13.0. The Morgan fingerprint density at radius 2 is 2.24 bits per heavy atom. The number of rotatable bonds is 2. The summed E-state index contributed by atoms with van der Waals surface area (Å²) in [5, 5.41) is 4.13. The Morgan fingerprint density at radius 3 is 2.81 bits per heavy atom. The van der Waals surface area contributed by atoms with Crippen LogP contribution in [0.3, 0.4) is 0 Å². The molecule has 4 rings (SSSR count). The molecular weight excluding hydrogens is 336 g/mol. The normalized spacial score (nSPS) is 19.2. The Kier molecular flexibility index (Phi) is 2.87. The molecule has 1 aromatic heterocycles. The summed E-state index contributed by atoms with van der Waals surface area (Å²) in [6, 6.07) is 5.58. The predicted molar refractivity (Wildman–Crippen MR) is 78.3 cm³/mol. The molecule has 2 aromatic rings. The summed E-state index contributed by atoms with van der Waals surface area (Å²) in [5.41, 5.74) is 1.30. The molecule has 0 aliphatic carbocycles. The number of aromatic nitrogens is 3. The second kappa shape index (κ2) is 4.64. The van der Waals surface area contributed by atoms with Gasteiger partial charge in [-0.1, -0.05) is 15.9 Å². The first-order valence-electron chi connectivity index (χ1n) is 6.74. The minimum absolute atomic E-state index is 0.0301. The van der Waals surface area contributed by atoms with Gasteiger partial charge in [0.1, 0.15) is 12.7 Å². The summed E-state index contributed by atoms with van der Waals surface area (Å²) in [5.74, 6) is 0.0301. The van der Waals surface area contributed by atoms with E-state index in [2.05, 4.69) is 26.0 Å². The number of carbonyl (C=O) groups excluding carboxylic acids is 1. The summed E-state index contributed by atoms with van der Waals surface area (Å²) in [7, 11) is 0. The molecule has 1 aromatic carbocycles. The van der Waals surface area contributed by atoms with E-state index in [9.17, 15) is 4.79 Å². The topological polar surface area (TPSA) is 60.2 Å². The monoisotopic (exact) mass is 348 g/mol. The molecule has 0 radical (unpaired) electrons. The molecule has 0 saturated carbocycles. The largest absolute Gasteiger partial charge is 0.376 e. The number of ether oxygens (including phenoxy) is 1. The molecule has 1 amide bonds. The minimum atomic E-state index is -0.0657. The number of likely N-dealkylation sites (tertiary alicyclic amines) is 1. The van der Waals surface area contributed by atoms with Gasteiger partial charge in [-0.2, -0.15) is 5.10 Å². The van der Waals surface area contributed by atoms with E-state index in [-0.39, 0.29) is 11.4 Å². The molecule has 6 nitrogen and oxygen atoms in total. The zero-order chi connectivity index (χ0) is 14.4. The minimum Gasteiger partial charge on any atom is -0.376 e. The fourth-order valence-electron chi connectivity index (χ4n) is 2.85. The number of hydrogen-bond acceptors (Lipinski definition) is 4. The van der Waals surface area contributed by atoms with Gasteiger partial charge in [-0.15, -0.1) is 0 Å². The zero-order valence-electron chi connectivity index (χ0n) is 11.2. The van der Waals surface area contributed by atoms with Crippen LogP contribution in [0.25, 0.3) is 5.69 Å². The van der Waals surface area contributed by atoms with Crippen LogP contribution in [0.2, 0.25) is 0 Å². The van der Waals surface area contributed by atoms with Crippen LogP contribution in [0.5, 0.6) is 0 Å². The second-order valence-electron chi connectivity index (χ2n) is 5.43. The van der Waals surface area contributed by atoms with Crippen molar-refractivity contribution in [1.29, 1.82) is 0 Å². The van der Waals surface area contributed by atoms with Crippen LogP contribution in [-0.2, 0) is 4.74 Å². The molecule has 2 aliphatic heterocycles. The van der Waals surface area contributed by atoms with Crippen molar-refractivity contribution in [3.63, 3.8) is 0 Å². The molecule has 21 heavy (non-hydrogen) atoms. The van der Waals surface area contributed by atoms with Crippen LogP contribution in [0, 0.1) is 0 Å². The van der Waals surface area contributed by atoms with Gasteiger partial charge in [0.05, 0.1) is 30.0 Å². The zero-order valence-corrected chi connectivity index (χ0v) is 12.8. The van der Waals surface area contributed by atoms with Crippen LogP contribution in [-0.4, -0.2) is 50.9 Å². The fraction of sp³-hybridized carbons (Fsp3) is 0.357. The van der Waals surface area contributed by atoms with Crippen LogP contribution in [0.15, 0.2) is 35.3 Å². The molecule has 7 heteroatoms. The maximum atomic E-state index is 12.9. The quantitative estimate of drug-likeness (QED) is 0.827. The lowest BCUT2D eigenvalue weighted by Crippen LogP contribution is -2.72. The first-order chi connectivity index (χ1) is 10.2. The van der Waals surface area contributed by atoms with E-state index in [0.717, 1.165) is 23.1 Å². The van der Waals surface area contributed by atoms with Crippen molar-refractivity contribution >= 4 is 21.8 Å². The Hall–Kier alpha value is -1.73. The van der Waals surface area contributed by atoms with Gasteiger partial charge in [0, 0.05) is 11.0 Å². The second-order valence-corrected chi connectivity index (χ2v) is 6.34. The molecule has 2 aliphatic rings. The summed E-state index contributed by atoms with van der Waals surface area (Å²) < 4.78 is 7.80. The van der Waals surface area contributed by atoms with Gasteiger partial charge in [-0.3, -0.25) is 4.79 Å². The van der Waals surface area contributed by atoms with E-state index >= 15 is 0 Å². The molecule has 1 spiro atoms. The number of amides is 1. The predicted octanol–water partition coefficient (Wildman–Crippen LogP) is 1.64. The lowest BCUT2D eigenvalue weighted by Gasteiger charge is -2.57. The first-order valence-corrected chi connectivity index (χ1v) is 7.53. The average molecular weight is 349 g/mol. The maximum Gasteiger partial charge on any atom is 0.256 e.